The number of amidine groups is 1. The summed E-state index contributed by atoms with van der Waals surface area (Å²) >= 11 is 0. The lowest BCUT2D eigenvalue weighted by molar-refractivity contribution is 0.668. The minimum Gasteiger partial charge on any atom is -0.456 e. The third-order valence-electron chi connectivity index (χ3n) is 11.0. The van der Waals surface area contributed by atoms with Crippen LogP contribution in [0.4, 0.5) is 0 Å². The molecule has 276 valence electrons. The van der Waals surface area contributed by atoms with Crippen LogP contribution in [0.5, 0.6) is 0 Å². The molecule has 0 N–H and O–H groups in total. The Bertz CT molecular complexity index is 3210. The van der Waals surface area contributed by atoms with Crippen molar-refractivity contribution in [2.75, 3.05) is 0 Å². The highest BCUT2D eigenvalue weighted by atomic mass is 16.3. The molecule has 4 nitrogen and oxygen atoms in total. The van der Waals surface area contributed by atoms with Crippen LogP contribution in [0.25, 0.3) is 77.4 Å². The minimum absolute atomic E-state index is 0.612. The molecule has 0 spiro atoms. The van der Waals surface area contributed by atoms with Crippen molar-refractivity contribution < 1.29 is 4.42 Å². The molecule has 0 saturated heterocycles. The second-order valence-electron chi connectivity index (χ2n) is 14.5. The van der Waals surface area contributed by atoms with Gasteiger partial charge in [0.25, 0.3) is 0 Å². The molecule has 2 aromatic heterocycles. The van der Waals surface area contributed by atoms with Gasteiger partial charge in [0, 0.05) is 33.0 Å². The van der Waals surface area contributed by atoms with Crippen LogP contribution in [0.15, 0.2) is 215 Å². The second kappa shape index (κ2) is 14.8. The highest BCUT2D eigenvalue weighted by Gasteiger charge is 2.19. The molecule has 0 fully saturated rings. The first kappa shape index (κ1) is 34.9. The number of aliphatic imine (C=N–C) groups is 2. The number of benzene rings is 8. The normalized spacial score (nSPS) is 12.2. The van der Waals surface area contributed by atoms with Gasteiger partial charge in [-0.2, -0.15) is 0 Å². The van der Waals surface area contributed by atoms with Crippen molar-refractivity contribution in [1.29, 1.82) is 0 Å². The zero-order valence-corrected chi connectivity index (χ0v) is 32.1. The molecule has 4 heteroatoms. The summed E-state index contributed by atoms with van der Waals surface area (Å²) in [5.41, 5.74) is 14.1. The largest absolute Gasteiger partial charge is 0.456 e. The van der Waals surface area contributed by atoms with E-state index in [0.717, 1.165) is 72.2 Å². The topological polar surface area (TPSA) is 42.8 Å². The number of hydrogen-bond acceptors (Lipinski definition) is 2. The number of hydrogen-bond donors (Lipinski definition) is 0. The first-order valence-electron chi connectivity index (χ1n) is 19.7. The summed E-state index contributed by atoms with van der Waals surface area (Å²) in [6, 6.07) is 67.7. The summed E-state index contributed by atoms with van der Waals surface area (Å²) in [6.45, 7) is 6.54. The summed E-state index contributed by atoms with van der Waals surface area (Å²) < 4.78 is 9.09. The molecule has 0 unspecified atom stereocenters. The molecule has 10 aromatic rings. The molecule has 0 amide bonds. The van der Waals surface area contributed by atoms with Crippen molar-refractivity contribution in [1.82, 2.24) is 4.57 Å². The molecule has 8 aromatic carbocycles. The van der Waals surface area contributed by atoms with Crippen LogP contribution in [0, 0.1) is 0 Å². The van der Waals surface area contributed by atoms with Gasteiger partial charge in [0.15, 0.2) is 5.84 Å². The van der Waals surface area contributed by atoms with E-state index in [1.54, 1.807) is 0 Å². The minimum atomic E-state index is 0.612. The van der Waals surface area contributed by atoms with Crippen LogP contribution < -0.4 is 0 Å². The molecule has 0 bridgehead atoms. The van der Waals surface area contributed by atoms with Gasteiger partial charge in [-0.05, 0) is 76.7 Å². The van der Waals surface area contributed by atoms with Gasteiger partial charge in [-0.3, -0.25) is 0 Å². The van der Waals surface area contributed by atoms with Crippen LogP contribution in [0.3, 0.4) is 0 Å². The van der Waals surface area contributed by atoms with E-state index in [0.29, 0.717) is 18.0 Å². The fourth-order valence-electron chi connectivity index (χ4n) is 8.13. The third kappa shape index (κ3) is 6.31. The van der Waals surface area contributed by atoms with E-state index >= 15 is 0 Å². The summed E-state index contributed by atoms with van der Waals surface area (Å²) in [6.07, 6.45) is 0.698. The SMILES string of the molecule is C=C(N=C(N=C(CC)c1ccc2c(c1)oc1cccc(-n3c4ccccc4c4ccc(-c5ccccc5)cc43)c12)c1ccccc1)c1cccc(-c2ccccc2)c1. The first-order valence-corrected chi connectivity index (χ1v) is 19.7. The second-order valence-corrected chi connectivity index (χ2v) is 14.5. The highest BCUT2D eigenvalue weighted by Crippen LogP contribution is 2.40. The Hall–Kier alpha value is -7.56. The van der Waals surface area contributed by atoms with Gasteiger partial charge in [0.2, 0.25) is 0 Å². The van der Waals surface area contributed by atoms with E-state index < -0.39 is 0 Å². The average molecular weight is 746 g/mol. The fraction of sp³-hybridized carbons (Fsp3) is 0.0370. The third-order valence-corrected chi connectivity index (χ3v) is 11.0. The number of fused-ring (bicyclic) bond motifs is 6. The van der Waals surface area contributed by atoms with E-state index in [4.69, 9.17) is 14.4 Å². The van der Waals surface area contributed by atoms with Crippen molar-refractivity contribution in [3.05, 3.63) is 217 Å². The Morgan fingerprint density at radius 3 is 1.86 bits per heavy atom. The Labute approximate surface area is 337 Å². The summed E-state index contributed by atoms with van der Waals surface area (Å²) in [5.74, 6) is 0.612. The molecule has 0 saturated carbocycles. The first-order chi connectivity index (χ1) is 28.6. The molecule has 2 heterocycles. The van der Waals surface area contributed by atoms with Gasteiger partial charge >= 0.3 is 0 Å². The van der Waals surface area contributed by atoms with Crippen LogP contribution in [0.1, 0.15) is 30.0 Å². The molecule has 0 aliphatic rings. The zero-order valence-electron chi connectivity index (χ0n) is 32.1. The Balaban J connectivity index is 1.08. The summed E-state index contributed by atoms with van der Waals surface area (Å²) in [4.78, 5) is 10.3. The van der Waals surface area contributed by atoms with Gasteiger partial charge in [0.1, 0.15) is 11.2 Å². The van der Waals surface area contributed by atoms with Crippen molar-refractivity contribution in [3.63, 3.8) is 0 Å². The number of furan rings is 1. The maximum atomic E-state index is 6.69. The van der Waals surface area contributed by atoms with Crippen LogP contribution in [-0.2, 0) is 0 Å². The Morgan fingerprint density at radius 2 is 1.10 bits per heavy atom. The molecular formula is C54H39N3O. The molecular weight excluding hydrogens is 707 g/mol. The quantitative estimate of drug-likeness (QED) is 0.113. The summed E-state index contributed by atoms with van der Waals surface area (Å²) in [5, 5.41) is 4.56. The van der Waals surface area contributed by atoms with Crippen molar-refractivity contribution in [2.45, 2.75) is 13.3 Å². The predicted octanol–water partition coefficient (Wildman–Crippen LogP) is 14.3. The van der Waals surface area contributed by atoms with E-state index in [9.17, 15) is 0 Å². The zero-order chi connectivity index (χ0) is 39.0. The fourth-order valence-corrected chi connectivity index (χ4v) is 8.13. The standard InChI is InChI=1S/C54H39N3O/c1-3-47(56-54(39-21-11-6-12-22-39)55-36(2)40-23-15-24-41(33-40)37-17-7-4-8-18-37)43-30-32-46-52(35-43)58-51-28-16-27-49(53(46)51)57-48-26-14-13-25-44(48)45-31-29-42(34-50(45)57)38-19-9-5-10-20-38/h4-35H,2-3H2,1H3. The molecule has 0 aliphatic heterocycles. The monoisotopic (exact) mass is 745 g/mol. The highest BCUT2D eigenvalue weighted by molar-refractivity contribution is 6.17. The van der Waals surface area contributed by atoms with Crippen LogP contribution in [0.2, 0.25) is 0 Å². The van der Waals surface area contributed by atoms with E-state index in [2.05, 4.69) is 176 Å². The van der Waals surface area contributed by atoms with Gasteiger partial charge in [-0.1, -0.05) is 165 Å². The smallest absolute Gasteiger partial charge is 0.160 e. The number of rotatable bonds is 8. The molecule has 0 aliphatic carbocycles. The lowest BCUT2D eigenvalue weighted by Crippen LogP contribution is -2.06. The maximum absolute atomic E-state index is 6.69. The Morgan fingerprint density at radius 1 is 0.483 bits per heavy atom. The van der Waals surface area contributed by atoms with Gasteiger partial charge in [-0.25, -0.2) is 9.98 Å². The van der Waals surface area contributed by atoms with Crippen LogP contribution in [-0.4, -0.2) is 16.1 Å². The van der Waals surface area contributed by atoms with E-state index in [1.165, 1.54) is 21.9 Å². The number of para-hydroxylation sites is 1. The average Bonchev–Trinajstić information content (AvgIpc) is 3.84. The number of aromatic nitrogens is 1. The predicted molar refractivity (Wildman–Crippen MR) is 244 cm³/mol. The van der Waals surface area contributed by atoms with E-state index in [1.807, 2.05) is 36.4 Å². The van der Waals surface area contributed by atoms with Crippen molar-refractivity contribution in [3.8, 4) is 27.9 Å². The Kier molecular flexibility index (Phi) is 8.92. The number of nitrogens with zero attached hydrogens (tertiary/aromatic N) is 3. The van der Waals surface area contributed by atoms with E-state index in [-0.39, 0.29) is 0 Å². The van der Waals surface area contributed by atoms with Crippen molar-refractivity contribution >= 4 is 61.0 Å². The maximum Gasteiger partial charge on any atom is 0.160 e. The molecule has 0 atom stereocenters. The van der Waals surface area contributed by atoms with Gasteiger partial charge in [-0.15, -0.1) is 0 Å². The summed E-state index contributed by atoms with van der Waals surface area (Å²) in [7, 11) is 0. The lowest BCUT2D eigenvalue weighted by atomic mass is 10.0. The van der Waals surface area contributed by atoms with Gasteiger partial charge < -0.3 is 8.98 Å². The molecule has 58 heavy (non-hydrogen) atoms. The molecule has 10 rings (SSSR count). The van der Waals surface area contributed by atoms with Gasteiger partial charge in [0.05, 0.1) is 27.8 Å². The van der Waals surface area contributed by atoms with Crippen LogP contribution >= 0.6 is 0 Å². The van der Waals surface area contributed by atoms with Crippen molar-refractivity contribution in [2.24, 2.45) is 9.98 Å². The molecule has 0 radical (unpaired) electrons. The lowest BCUT2D eigenvalue weighted by Gasteiger charge is -2.11.